The van der Waals surface area contributed by atoms with E-state index in [0.717, 1.165) is 13.2 Å². The smallest absolute Gasteiger partial charge is 0.339 e. The monoisotopic (exact) mass is 292 g/mol. The lowest BCUT2D eigenvalue weighted by Crippen LogP contribution is -2.15. The zero-order valence-corrected chi connectivity index (χ0v) is 10.2. The molecule has 0 aliphatic heterocycles. The van der Waals surface area contributed by atoms with Crippen molar-refractivity contribution in [1.82, 2.24) is 0 Å². The molecule has 1 aromatic carbocycles. The van der Waals surface area contributed by atoms with Gasteiger partial charge in [-0.25, -0.2) is 9.18 Å². The summed E-state index contributed by atoms with van der Waals surface area (Å²) >= 11 is 3.13. The topological polar surface area (TPSA) is 55.8 Å². The number of benzene rings is 1. The molecule has 0 aromatic heterocycles. The van der Waals surface area contributed by atoms with E-state index in [1.165, 1.54) is 13.2 Å². The van der Waals surface area contributed by atoms with E-state index < -0.39 is 17.9 Å². The van der Waals surface area contributed by atoms with Gasteiger partial charge in [-0.05, 0) is 22.0 Å². The van der Waals surface area contributed by atoms with Crippen LogP contribution in [0.5, 0.6) is 5.75 Å². The molecule has 0 saturated heterocycles. The summed E-state index contributed by atoms with van der Waals surface area (Å²) in [6, 6.07) is 2.35. The Bertz CT molecular complexity index is 408. The lowest BCUT2D eigenvalue weighted by molar-refractivity contribution is -0.150. The van der Waals surface area contributed by atoms with Crippen molar-refractivity contribution < 1.29 is 23.8 Å². The Morgan fingerprint density at radius 3 is 2.62 bits per heavy atom. The maximum Gasteiger partial charge on any atom is 0.339 e. The summed E-state index contributed by atoms with van der Waals surface area (Å²) in [5.74, 6) is -1.38. The van der Waals surface area contributed by atoms with Crippen molar-refractivity contribution in [3.63, 3.8) is 0 Å². The number of ether oxygens (including phenoxy) is 2. The second-order valence-electron chi connectivity index (χ2n) is 2.93. The summed E-state index contributed by atoms with van der Waals surface area (Å²) in [6.45, 7) is 0. The molecule has 1 aromatic rings. The molecule has 0 radical (unpaired) electrons. The first-order chi connectivity index (χ1) is 7.51. The van der Waals surface area contributed by atoms with Crippen LogP contribution in [-0.4, -0.2) is 25.3 Å². The Kier molecular flexibility index (Phi) is 4.26. The highest BCUT2D eigenvalue weighted by molar-refractivity contribution is 9.10. The Balaban J connectivity index is 3.15. The van der Waals surface area contributed by atoms with E-state index in [9.17, 15) is 14.3 Å². The molecule has 0 bridgehead atoms. The van der Waals surface area contributed by atoms with Crippen molar-refractivity contribution in [2.75, 3.05) is 14.2 Å². The Hall–Kier alpha value is -1.14. The van der Waals surface area contributed by atoms with Crippen LogP contribution in [0, 0.1) is 5.82 Å². The van der Waals surface area contributed by atoms with Gasteiger partial charge in [0, 0.05) is 11.6 Å². The molecule has 1 unspecified atom stereocenters. The predicted molar refractivity (Wildman–Crippen MR) is 57.6 cm³/mol. The largest absolute Gasteiger partial charge is 0.495 e. The molecule has 0 heterocycles. The number of hydrogen-bond acceptors (Lipinski definition) is 4. The molecule has 1 N–H and O–H groups in total. The van der Waals surface area contributed by atoms with Crippen LogP contribution in [0.2, 0.25) is 0 Å². The first-order valence-electron chi connectivity index (χ1n) is 4.30. The molecule has 0 amide bonds. The Morgan fingerprint density at radius 2 is 2.12 bits per heavy atom. The fourth-order valence-corrected chi connectivity index (χ4v) is 1.67. The highest BCUT2D eigenvalue weighted by Crippen LogP contribution is 2.30. The standard InChI is InChI=1S/C10H10BrFO4/c1-15-8-4-7(12)5(3-6(8)11)9(13)10(14)16-2/h3-4,9,13H,1-2H3. The van der Waals surface area contributed by atoms with Gasteiger partial charge in [0.25, 0.3) is 0 Å². The van der Waals surface area contributed by atoms with Crippen molar-refractivity contribution in [2.24, 2.45) is 0 Å². The van der Waals surface area contributed by atoms with Crippen LogP contribution in [0.1, 0.15) is 11.7 Å². The van der Waals surface area contributed by atoms with Gasteiger partial charge in [-0.2, -0.15) is 0 Å². The number of rotatable bonds is 3. The number of carbonyl (C=O) groups is 1. The minimum atomic E-state index is -1.65. The molecular weight excluding hydrogens is 283 g/mol. The van der Waals surface area contributed by atoms with E-state index in [2.05, 4.69) is 20.7 Å². The van der Waals surface area contributed by atoms with Crippen LogP contribution < -0.4 is 4.74 Å². The second kappa shape index (κ2) is 5.27. The van der Waals surface area contributed by atoms with Gasteiger partial charge in [0.05, 0.1) is 18.7 Å². The average Bonchev–Trinajstić information content (AvgIpc) is 2.29. The van der Waals surface area contributed by atoms with Gasteiger partial charge in [0.1, 0.15) is 11.6 Å². The number of hydrogen-bond donors (Lipinski definition) is 1. The van der Waals surface area contributed by atoms with E-state index in [0.29, 0.717) is 4.47 Å². The van der Waals surface area contributed by atoms with E-state index in [-0.39, 0.29) is 11.3 Å². The number of halogens is 2. The number of carbonyl (C=O) groups excluding carboxylic acids is 1. The maximum absolute atomic E-state index is 13.5. The molecule has 0 saturated carbocycles. The lowest BCUT2D eigenvalue weighted by Gasteiger charge is -2.12. The van der Waals surface area contributed by atoms with Crippen molar-refractivity contribution in [1.29, 1.82) is 0 Å². The molecule has 1 atom stereocenters. The minimum absolute atomic E-state index is 0.167. The third kappa shape index (κ3) is 2.51. The Morgan fingerprint density at radius 1 is 1.50 bits per heavy atom. The quantitative estimate of drug-likeness (QED) is 0.863. The van der Waals surface area contributed by atoms with Crippen LogP contribution in [0.15, 0.2) is 16.6 Å². The molecule has 0 aliphatic rings. The van der Waals surface area contributed by atoms with Crippen LogP contribution in [0.3, 0.4) is 0 Å². The minimum Gasteiger partial charge on any atom is -0.495 e. The highest BCUT2D eigenvalue weighted by Gasteiger charge is 2.23. The summed E-state index contributed by atoms with van der Waals surface area (Å²) < 4.78 is 23.1. The summed E-state index contributed by atoms with van der Waals surface area (Å²) in [7, 11) is 2.50. The first kappa shape index (κ1) is 12.9. The third-order valence-electron chi connectivity index (χ3n) is 1.99. The summed E-state index contributed by atoms with van der Waals surface area (Å²) in [5, 5.41) is 9.48. The summed E-state index contributed by atoms with van der Waals surface area (Å²) in [4.78, 5) is 11.0. The SMILES string of the molecule is COC(=O)C(O)c1cc(Br)c(OC)cc1F. The average molecular weight is 293 g/mol. The van der Waals surface area contributed by atoms with E-state index in [1.54, 1.807) is 0 Å². The lowest BCUT2D eigenvalue weighted by atomic mass is 10.1. The predicted octanol–water partition coefficient (Wildman–Crippen LogP) is 1.80. The van der Waals surface area contributed by atoms with Crippen LogP contribution in [0.25, 0.3) is 0 Å². The number of aliphatic hydroxyl groups excluding tert-OH is 1. The summed E-state index contributed by atoms with van der Waals surface area (Å²) in [5.41, 5.74) is -0.167. The summed E-state index contributed by atoms with van der Waals surface area (Å²) in [6.07, 6.45) is -1.65. The normalized spacial score (nSPS) is 12.1. The fraction of sp³-hybridized carbons (Fsp3) is 0.300. The van der Waals surface area contributed by atoms with Gasteiger partial charge in [0.15, 0.2) is 6.10 Å². The fourth-order valence-electron chi connectivity index (χ4n) is 1.15. The highest BCUT2D eigenvalue weighted by atomic mass is 79.9. The molecule has 4 nitrogen and oxygen atoms in total. The number of aliphatic hydroxyl groups is 1. The van der Waals surface area contributed by atoms with Crippen LogP contribution >= 0.6 is 15.9 Å². The molecule has 0 fully saturated rings. The van der Waals surface area contributed by atoms with Crippen molar-refractivity contribution in [3.05, 3.63) is 28.0 Å². The molecule has 88 valence electrons. The van der Waals surface area contributed by atoms with Crippen molar-refractivity contribution in [2.45, 2.75) is 6.10 Å². The number of methoxy groups -OCH3 is 2. The third-order valence-corrected chi connectivity index (χ3v) is 2.61. The van der Waals surface area contributed by atoms with Gasteiger partial charge in [-0.1, -0.05) is 0 Å². The molecule has 6 heteroatoms. The molecular formula is C10H10BrFO4. The Labute approximate surface area is 100 Å². The van der Waals surface area contributed by atoms with E-state index in [4.69, 9.17) is 4.74 Å². The molecule has 0 aliphatic carbocycles. The van der Waals surface area contributed by atoms with Gasteiger partial charge in [-0.15, -0.1) is 0 Å². The van der Waals surface area contributed by atoms with Gasteiger partial charge in [-0.3, -0.25) is 0 Å². The van der Waals surface area contributed by atoms with E-state index >= 15 is 0 Å². The van der Waals surface area contributed by atoms with Gasteiger partial charge in [0.2, 0.25) is 0 Å². The first-order valence-corrected chi connectivity index (χ1v) is 5.09. The van der Waals surface area contributed by atoms with Crippen molar-refractivity contribution in [3.8, 4) is 5.75 Å². The molecule has 1 rings (SSSR count). The second-order valence-corrected chi connectivity index (χ2v) is 3.79. The molecule has 16 heavy (non-hydrogen) atoms. The maximum atomic E-state index is 13.5. The number of esters is 1. The van der Waals surface area contributed by atoms with Crippen LogP contribution in [-0.2, 0) is 9.53 Å². The van der Waals surface area contributed by atoms with Gasteiger partial charge >= 0.3 is 5.97 Å². The van der Waals surface area contributed by atoms with Crippen LogP contribution in [0.4, 0.5) is 4.39 Å². The molecule has 0 spiro atoms. The zero-order chi connectivity index (χ0) is 12.3. The van der Waals surface area contributed by atoms with Gasteiger partial charge < -0.3 is 14.6 Å². The zero-order valence-electron chi connectivity index (χ0n) is 8.66. The van der Waals surface area contributed by atoms with Crippen molar-refractivity contribution >= 4 is 21.9 Å². The van der Waals surface area contributed by atoms with E-state index in [1.807, 2.05) is 0 Å².